The van der Waals surface area contributed by atoms with Crippen molar-refractivity contribution in [2.45, 2.75) is 25.4 Å². The molecule has 3 aromatic rings. The van der Waals surface area contributed by atoms with E-state index in [2.05, 4.69) is 0 Å². The molecule has 4 rings (SSSR count). The van der Waals surface area contributed by atoms with Crippen molar-refractivity contribution in [1.29, 1.82) is 5.26 Å². The zero-order valence-electron chi connectivity index (χ0n) is 18.9. The van der Waals surface area contributed by atoms with E-state index in [1.165, 1.54) is 23.7 Å². The molecule has 0 radical (unpaired) electrons. The molecular formula is C25H27N5O4. The van der Waals surface area contributed by atoms with Crippen molar-refractivity contribution in [3.63, 3.8) is 0 Å². The zero-order chi connectivity index (χ0) is 24.7. The molecule has 34 heavy (non-hydrogen) atoms. The number of benzene rings is 2. The lowest BCUT2D eigenvalue weighted by Gasteiger charge is -2.34. The van der Waals surface area contributed by atoms with Gasteiger partial charge in [-0.1, -0.05) is 36.4 Å². The van der Waals surface area contributed by atoms with Crippen LogP contribution in [0.2, 0.25) is 0 Å². The summed E-state index contributed by atoms with van der Waals surface area (Å²) in [5.41, 5.74) is 6.52. The van der Waals surface area contributed by atoms with Crippen LogP contribution < -0.4 is 21.9 Å². The predicted molar refractivity (Wildman–Crippen MR) is 129 cm³/mol. The number of rotatable bonds is 4. The van der Waals surface area contributed by atoms with Crippen molar-refractivity contribution in [2.24, 2.45) is 12.8 Å². The van der Waals surface area contributed by atoms with Crippen LogP contribution in [0.15, 0.2) is 70.3 Å². The lowest BCUT2D eigenvalue weighted by Crippen LogP contribution is -2.47. The molecule has 0 unspecified atom stereocenters. The van der Waals surface area contributed by atoms with Crippen molar-refractivity contribution in [1.82, 2.24) is 9.13 Å². The minimum atomic E-state index is -1.06. The van der Waals surface area contributed by atoms with Crippen molar-refractivity contribution in [3.8, 4) is 6.07 Å². The summed E-state index contributed by atoms with van der Waals surface area (Å²) in [6.07, 6.45) is 1.77. The van der Waals surface area contributed by atoms with Crippen molar-refractivity contribution < 1.29 is 9.90 Å². The zero-order valence-corrected chi connectivity index (χ0v) is 18.9. The largest absolute Gasteiger partial charge is 0.478 e. The minimum absolute atomic E-state index is 0.0253. The molecule has 1 fully saturated rings. The Hall–Kier alpha value is -4.16. The van der Waals surface area contributed by atoms with Gasteiger partial charge in [-0.25, -0.2) is 9.59 Å². The normalized spacial score (nSPS) is 15.1. The number of nitriles is 1. The van der Waals surface area contributed by atoms with Gasteiger partial charge in [0.1, 0.15) is 5.82 Å². The van der Waals surface area contributed by atoms with Gasteiger partial charge in [-0.3, -0.25) is 13.9 Å². The van der Waals surface area contributed by atoms with Crippen LogP contribution in [0.4, 0.5) is 5.82 Å². The Labute approximate surface area is 196 Å². The Morgan fingerprint density at radius 3 is 2.44 bits per heavy atom. The van der Waals surface area contributed by atoms with E-state index in [0.717, 1.165) is 17.4 Å². The average Bonchev–Trinajstić information content (AvgIpc) is 2.85. The van der Waals surface area contributed by atoms with Crippen LogP contribution in [0.25, 0.3) is 0 Å². The highest BCUT2D eigenvalue weighted by atomic mass is 16.4. The van der Waals surface area contributed by atoms with E-state index in [0.29, 0.717) is 30.0 Å². The van der Waals surface area contributed by atoms with Crippen LogP contribution in [0, 0.1) is 11.3 Å². The number of carboxylic acid groups (broad SMARTS) is 1. The van der Waals surface area contributed by atoms with Gasteiger partial charge in [0.15, 0.2) is 0 Å². The fraction of sp³-hybridized carbons (Fsp3) is 0.280. The molecule has 3 N–H and O–H groups in total. The van der Waals surface area contributed by atoms with Gasteiger partial charge < -0.3 is 15.7 Å². The molecule has 9 nitrogen and oxygen atoms in total. The fourth-order valence-electron chi connectivity index (χ4n) is 3.84. The maximum Gasteiger partial charge on any atom is 0.336 e. The van der Waals surface area contributed by atoms with Gasteiger partial charge in [0, 0.05) is 32.2 Å². The molecule has 9 heteroatoms. The number of carboxylic acids is 1. The maximum absolute atomic E-state index is 12.7. The molecule has 2 aromatic carbocycles. The highest BCUT2D eigenvalue weighted by Crippen LogP contribution is 2.19. The predicted octanol–water partition coefficient (Wildman–Crippen LogP) is 1.78. The average molecular weight is 462 g/mol. The number of nitrogens with zero attached hydrogens (tertiary/aromatic N) is 4. The number of carbonyl (C=O) groups is 1. The molecule has 0 saturated carbocycles. The first kappa shape index (κ1) is 24.5. The third kappa shape index (κ3) is 5.79. The van der Waals surface area contributed by atoms with Gasteiger partial charge in [0.2, 0.25) is 0 Å². The summed E-state index contributed by atoms with van der Waals surface area (Å²) in [4.78, 5) is 38.3. The molecule has 1 saturated heterocycles. The second-order valence-electron chi connectivity index (χ2n) is 8.06. The lowest BCUT2D eigenvalue weighted by molar-refractivity contribution is 0.0695. The number of hydrogen-bond acceptors (Lipinski definition) is 6. The molecule has 0 amide bonds. The van der Waals surface area contributed by atoms with Crippen molar-refractivity contribution in [3.05, 3.63) is 98.2 Å². The minimum Gasteiger partial charge on any atom is -0.478 e. The van der Waals surface area contributed by atoms with Gasteiger partial charge in [0.25, 0.3) is 5.56 Å². The van der Waals surface area contributed by atoms with E-state index in [-0.39, 0.29) is 18.2 Å². The summed E-state index contributed by atoms with van der Waals surface area (Å²) in [7, 11) is 1.41. The van der Waals surface area contributed by atoms with Gasteiger partial charge in [-0.05, 0) is 36.6 Å². The number of hydrogen-bond donors (Lipinski definition) is 2. The molecule has 0 aliphatic carbocycles. The van der Waals surface area contributed by atoms with E-state index < -0.39 is 17.2 Å². The summed E-state index contributed by atoms with van der Waals surface area (Å²) in [5.74, 6) is -0.576. The second-order valence-corrected chi connectivity index (χ2v) is 8.06. The molecule has 0 spiro atoms. The molecule has 176 valence electrons. The highest BCUT2D eigenvalue weighted by Gasteiger charge is 2.22. The van der Waals surface area contributed by atoms with E-state index >= 15 is 0 Å². The summed E-state index contributed by atoms with van der Waals surface area (Å²) in [6, 6.07) is 19.1. The molecule has 1 atom stereocenters. The molecule has 1 aliphatic heterocycles. The number of nitrogens with two attached hydrogens (primary N) is 1. The first-order valence-corrected chi connectivity index (χ1v) is 10.9. The molecular weight excluding hydrogens is 434 g/mol. The summed E-state index contributed by atoms with van der Waals surface area (Å²) in [6.45, 7) is 1.31. The summed E-state index contributed by atoms with van der Waals surface area (Å²) >= 11 is 0. The van der Waals surface area contributed by atoms with Gasteiger partial charge in [-0.15, -0.1) is 0 Å². The maximum atomic E-state index is 12.7. The third-order valence-electron chi connectivity index (χ3n) is 5.64. The Bertz CT molecular complexity index is 1310. The number of aromatic nitrogens is 2. The monoisotopic (exact) mass is 461 g/mol. The number of aromatic carboxylic acids is 1. The number of piperidine rings is 1. The van der Waals surface area contributed by atoms with Crippen LogP contribution in [0.3, 0.4) is 0 Å². The smallest absolute Gasteiger partial charge is 0.336 e. The Balaban J connectivity index is 0.000000343. The van der Waals surface area contributed by atoms with Crippen LogP contribution in [-0.2, 0) is 13.6 Å². The number of anilines is 1. The third-order valence-corrected chi connectivity index (χ3v) is 5.64. The van der Waals surface area contributed by atoms with Gasteiger partial charge >= 0.3 is 11.7 Å². The SMILES string of the molecule is Cn1c(=O)cc(N2CCC[C@H](N)C2)n(Cc2ccccc2C(=O)O)c1=O.N#Cc1ccccc1. The first-order valence-electron chi connectivity index (χ1n) is 10.9. The molecule has 0 bridgehead atoms. The van der Waals surface area contributed by atoms with Crippen LogP contribution in [0.5, 0.6) is 0 Å². The first-order chi connectivity index (χ1) is 16.3. The van der Waals surface area contributed by atoms with Crippen molar-refractivity contribution >= 4 is 11.8 Å². The molecule has 2 heterocycles. The highest BCUT2D eigenvalue weighted by molar-refractivity contribution is 5.89. The quantitative estimate of drug-likeness (QED) is 0.605. The lowest BCUT2D eigenvalue weighted by atomic mass is 10.1. The summed E-state index contributed by atoms with van der Waals surface area (Å²) in [5, 5.41) is 17.7. The Morgan fingerprint density at radius 1 is 1.15 bits per heavy atom. The van der Waals surface area contributed by atoms with Crippen molar-refractivity contribution in [2.75, 3.05) is 18.0 Å². The van der Waals surface area contributed by atoms with E-state index in [1.807, 2.05) is 29.2 Å². The fourth-order valence-corrected chi connectivity index (χ4v) is 3.84. The van der Waals surface area contributed by atoms with E-state index in [9.17, 15) is 19.5 Å². The molecule has 1 aliphatic rings. The van der Waals surface area contributed by atoms with Gasteiger partial charge in [0.05, 0.1) is 23.7 Å². The van der Waals surface area contributed by atoms with Crippen LogP contribution in [0.1, 0.15) is 34.3 Å². The Morgan fingerprint density at radius 2 is 1.82 bits per heavy atom. The van der Waals surface area contributed by atoms with Crippen LogP contribution >= 0.6 is 0 Å². The molecule has 1 aromatic heterocycles. The van der Waals surface area contributed by atoms with E-state index in [4.69, 9.17) is 11.0 Å². The van der Waals surface area contributed by atoms with Gasteiger partial charge in [-0.2, -0.15) is 5.26 Å². The standard InChI is InChI=1S/C18H22N4O4.C7H5N/c1-20-16(23)9-15(21-8-4-6-13(19)11-21)22(18(20)26)10-12-5-2-3-7-14(12)17(24)25;8-6-7-4-2-1-3-5-7/h2-3,5,7,9,13H,4,6,8,10-11,19H2,1H3,(H,24,25);1-5H/t13-;/m0./s1. The van der Waals surface area contributed by atoms with Crippen LogP contribution in [-0.4, -0.2) is 39.3 Å². The summed E-state index contributed by atoms with van der Waals surface area (Å²) < 4.78 is 2.47. The van der Waals surface area contributed by atoms with E-state index in [1.54, 1.807) is 30.3 Å². The Kier molecular flexibility index (Phi) is 8.01. The second kappa shape index (κ2) is 11.1. The topological polar surface area (TPSA) is 134 Å².